The SMILES string of the molecule is Cn1cc(-c2ccc(N(C(=O)NCc3ccccc3)C3(NC4N=CC(C#N)=CN4c4cccnc4)CCCCC3)nc2)cn1. The van der Waals surface area contributed by atoms with E-state index in [1.54, 1.807) is 46.8 Å². The Balaban J connectivity index is 1.38. The van der Waals surface area contributed by atoms with Crippen molar-refractivity contribution in [3.05, 3.63) is 103 Å². The lowest BCUT2D eigenvalue weighted by Gasteiger charge is -2.49. The predicted octanol–water partition coefficient (Wildman–Crippen LogP) is 5.13. The summed E-state index contributed by atoms with van der Waals surface area (Å²) in [6.45, 7) is 0.373. The van der Waals surface area contributed by atoms with Crippen LogP contribution >= 0.6 is 0 Å². The molecular formula is C33H34N10O. The summed E-state index contributed by atoms with van der Waals surface area (Å²) in [4.78, 5) is 31.8. The molecule has 1 fully saturated rings. The third kappa shape index (κ3) is 6.21. The van der Waals surface area contributed by atoms with E-state index in [-0.39, 0.29) is 6.03 Å². The van der Waals surface area contributed by atoms with Crippen molar-refractivity contribution < 1.29 is 4.79 Å². The summed E-state index contributed by atoms with van der Waals surface area (Å²) in [6.07, 6.45) is 16.0. The van der Waals surface area contributed by atoms with Crippen LogP contribution < -0.4 is 20.4 Å². The van der Waals surface area contributed by atoms with Crippen LogP contribution in [0.15, 0.2) is 102 Å². The van der Waals surface area contributed by atoms with Gasteiger partial charge in [0.05, 0.1) is 23.7 Å². The topological polar surface area (TPSA) is 127 Å². The van der Waals surface area contributed by atoms with E-state index >= 15 is 0 Å². The number of allylic oxidation sites excluding steroid dienone is 1. The number of aliphatic imine (C=N–C) groups is 1. The third-order valence-corrected chi connectivity index (χ3v) is 7.98. The summed E-state index contributed by atoms with van der Waals surface area (Å²) in [5, 5.41) is 20.8. The summed E-state index contributed by atoms with van der Waals surface area (Å²) >= 11 is 0. The van der Waals surface area contributed by atoms with Gasteiger partial charge in [0.2, 0.25) is 0 Å². The number of hydrogen-bond donors (Lipinski definition) is 2. The summed E-state index contributed by atoms with van der Waals surface area (Å²) in [6, 6.07) is 19.4. The van der Waals surface area contributed by atoms with Gasteiger partial charge in [0.25, 0.3) is 0 Å². The average molecular weight is 587 g/mol. The number of rotatable bonds is 8. The van der Waals surface area contributed by atoms with Crippen molar-refractivity contribution in [2.45, 2.75) is 50.6 Å². The van der Waals surface area contributed by atoms with Crippen molar-refractivity contribution in [3.8, 4) is 17.2 Å². The first-order chi connectivity index (χ1) is 21.5. The fourth-order valence-corrected chi connectivity index (χ4v) is 5.80. The second-order valence-electron chi connectivity index (χ2n) is 11.0. The molecule has 1 unspecified atom stereocenters. The Kier molecular flexibility index (Phi) is 8.43. The minimum Gasteiger partial charge on any atom is -0.334 e. The van der Waals surface area contributed by atoms with Crippen LogP contribution in [0.5, 0.6) is 0 Å². The molecule has 1 aromatic carbocycles. The number of nitrogens with zero attached hydrogens (tertiary/aromatic N) is 8. The molecule has 1 atom stereocenters. The van der Waals surface area contributed by atoms with Gasteiger partial charge in [-0.3, -0.25) is 24.9 Å². The van der Waals surface area contributed by atoms with E-state index in [0.29, 0.717) is 30.8 Å². The number of pyridine rings is 2. The number of hydrogen-bond acceptors (Lipinski definition) is 8. The highest BCUT2D eigenvalue weighted by molar-refractivity contribution is 5.93. The number of urea groups is 1. The van der Waals surface area contributed by atoms with Gasteiger partial charge in [-0.2, -0.15) is 10.4 Å². The zero-order chi connectivity index (χ0) is 30.4. The Morgan fingerprint density at radius 2 is 1.89 bits per heavy atom. The maximum Gasteiger partial charge on any atom is 0.324 e. The number of benzene rings is 1. The summed E-state index contributed by atoms with van der Waals surface area (Å²) < 4.78 is 1.75. The zero-order valence-electron chi connectivity index (χ0n) is 24.5. The van der Waals surface area contributed by atoms with E-state index in [1.165, 1.54) is 0 Å². The first-order valence-electron chi connectivity index (χ1n) is 14.7. The largest absolute Gasteiger partial charge is 0.334 e. The van der Waals surface area contributed by atoms with E-state index in [4.69, 9.17) is 9.98 Å². The molecule has 222 valence electrons. The third-order valence-electron chi connectivity index (χ3n) is 7.98. The molecule has 2 aliphatic rings. The Labute approximate surface area is 256 Å². The Morgan fingerprint density at radius 3 is 2.57 bits per heavy atom. The van der Waals surface area contributed by atoms with E-state index in [0.717, 1.165) is 41.6 Å². The van der Waals surface area contributed by atoms with Gasteiger partial charge in [0.15, 0.2) is 6.29 Å². The minimum absolute atomic E-state index is 0.258. The molecule has 6 rings (SSSR count). The van der Waals surface area contributed by atoms with Crippen LogP contribution in [0.25, 0.3) is 11.1 Å². The maximum atomic E-state index is 14.3. The molecule has 4 aromatic rings. The smallest absolute Gasteiger partial charge is 0.324 e. The number of nitriles is 1. The van der Waals surface area contributed by atoms with Gasteiger partial charge >= 0.3 is 6.03 Å². The molecule has 11 heteroatoms. The Morgan fingerprint density at radius 1 is 1.05 bits per heavy atom. The first kappa shape index (κ1) is 28.8. The van der Waals surface area contributed by atoms with Gasteiger partial charge in [-0.15, -0.1) is 0 Å². The molecule has 2 amide bonds. The number of amides is 2. The van der Waals surface area contributed by atoms with Crippen LogP contribution in [-0.4, -0.2) is 43.9 Å². The van der Waals surface area contributed by atoms with Crippen LogP contribution in [0.4, 0.5) is 16.3 Å². The fraction of sp³-hybridized carbons (Fsp3) is 0.273. The normalized spacial score (nSPS) is 17.4. The van der Waals surface area contributed by atoms with Crippen LogP contribution in [0, 0.1) is 11.3 Å². The van der Waals surface area contributed by atoms with E-state index in [1.807, 2.05) is 72.7 Å². The first-order valence-corrected chi connectivity index (χ1v) is 14.7. The molecular weight excluding hydrogens is 552 g/mol. The second kappa shape index (κ2) is 12.9. The van der Waals surface area contributed by atoms with Crippen molar-refractivity contribution in [3.63, 3.8) is 0 Å². The molecule has 44 heavy (non-hydrogen) atoms. The zero-order valence-corrected chi connectivity index (χ0v) is 24.5. The number of aryl methyl sites for hydroxylation is 1. The van der Waals surface area contributed by atoms with Gasteiger partial charge in [-0.1, -0.05) is 36.8 Å². The van der Waals surface area contributed by atoms with Crippen LogP contribution in [0.1, 0.15) is 37.7 Å². The van der Waals surface area contributed by atoms with Gasteiger partial charge < -0.3 is 10.2 Å². The van der Waals surface area contributed by atoms with Crippen molar-refractivity contribution in [1.82, 2.24) is 30.4 Å². The number of nitrogens with one attached hydrogen (secondary N) is 2. The highest BCUT2D eigenvalue weighted by Gasteiger charge is 2.45. The molecule has 1 aliphatic heterocycles. The lowest BCUT2D eigenvalue weighted by Crippen LogP contribution is -2.68. The number of anilines is 2. The molecule has 0 bridgehead atoms. The maximum absolute atomic E-state index is 14.3. The van der Waals surface area contributed by atoms with Crippen molar-refractivity contribution in [1.29, 1.82) is 5.26 Å². The van der Waals surface area contributed by atoms with Crippen molar-refractivity contribution >= 4 is 23.8 Å². The molecule has 11 nitrogen and oxygen atoms in total. The quantitative estimate of drug-likeness (QED) is 0.274. The Hall–Kier alpha value is -5.34. The fourth-order valence-electron chi connectivity index (χ4n) is 5.80. The molecule has 0 saturated heterocycles. The lowest BCUT2D eigenvalue weighted by molar-refractivity contribution is 0.188. The van der Waals surface area contributed by atoms with Crippen LogP contribution in [0.2, 0.25) is 0 Å². The molecule has 3 aromatic heterocycles. The highest BCUT2D eigenvalue weighted by atomic mass is 16.2. The van der Waals surface area contributed by atoms with Crippen LogP contribution in [-0.2, 0) is 13.6 Å². The molecule has 2 N–H and O–H groups in total. The summed E-state index contributed by atoms with van der Waals surface area (Å²) in [7, 11) is 1.87. The molecule has 4 heterocycles. The van der Waals surface area contributed by atoms with E-state index in [9.17, 15) is 10.1 Å². The van der Waals surface area contributed by atoms with Gasteiger partial charge in [0, 0.05) is 55.7 Å². The van der Waals surface area contributed by atoms with E-state index in [2.05, 4.69) is 26.8 Å². The monoisotopic (exact) mass is 586 g/mol. The average Bonchev–Trinajstić information content (AvgIpc) is 3.52. The lowest BCUT2D eigenvalue weighted by atomic mass is 9.87. The number of carbonyl (C=O) groups excluding carboxylic acids is 1. The van der Waals surface area contributed by atoms with Crippen molar-refractivity contribution in [2.24, 2.45) is 12.0 Å². The number of carbonyl (C=O) groups is 1. The van der Waals surface area contributed by atoms with Gasteiger partial charge in [0.1, 0.15) is 17.5 Å². The molecule has 0 radical (unpaired) electrons. The predicted molar refractivity (Wildman–Crippen MR) is 169 cm³/mol. The summed E-state index contributed by atoms with van der Waals surface area (Å²) in [5.74, 6) is 0.526. The summed E-state index contributed by atoms with van der Waals surface area (Å²) in [5.41, 5.74) is 3.24. The molecule has 1 aliphatic carbocycles. The number of aromatic nitrogens is 4. The second-order valence-corrected chi connectivity index (χ2v) is 11.0. The molecule has 1 saturated carbocycles. The highest BCUT2D eigenvalue weighted by Crippen LogP contribution is 2.37. The molecule has 0 spiro atoms. The van der Waals surface area contributed by atoms with E-state index < -0.39 is 12.0 Å². The van der Waals surface area contributed by atoms with Gasteiger partial charge in [-0.25, -0.2) is 9.78 Å². The van der Waals surface area contributed by atoms with Crippen LogP contribution in [0.3, 0.4) is 0 Å². The van der Waals surface area contributed by atoms with Crippen molar-refractivity contribution in [2.75, 3.05) is 9.80 Å². The standard InChI is InChI=1S/C33H34N10O/c1-41-24-28(21-39-41)27-12-13-30(36-20-27)43(32(44)38-18-25-9-4-2-5-10-25)33(14-6-3-7-15-33)40-31-37-19-26(17-34)23-42(31)29-11-8-16-35-22-29/h2,4-5,8-13,16,19-24,31,40H,3,6-7,14-15,18H2,1H3,(H,38,44). The van der Waals surface area contributed by atoms with Gasteiger partial charge in [-0.05, 0) is 55.5 Å². The Bertz CT molecular complexity index is 1670. The minimum atomic E-state index is -0.817.